The summed E-state index contributed by atoms with van der Waals surface area (Å²) < 4.78 is 5.14. The molecule has 0 spiro atoms. The minimum atomic E-state index is -0.685. The Hall–Kier alpha value is -2.33. The molecule has 3 rings (SSSR count). The van der Waals surface area contributed by atoms with Crippen molar-refractivity contribution >= 4 is 11.6 Å². The molecular weight excluding hydrogens is 278 g/mol. The minimum Gasteiger partial charge on any atom is -0.497 e. The monoisotopic (exact) mass is 297 g/mol. The third kappa shape index (κ3) is 1.99. The number of rotatable bonds is 4. The number of hydrogen-bond donors (Lipinski definition) is 1. The van der Waals surface area contributed by atoms with Crippen LogP contribution in [0.4, 0.5) is 5.69 Å². The van der Waals surface area contributed by atoms with Gasteiger partial charge in [-0.2, -0.15) is 0 Å². The Morgan fingerprint density at radius 1 is 1.14 bits per heavy atom. The molecule has 1 N–H and O–H groups in total. The van der Waals surface area contributed by atoms with Crippen molar-refractivity contribution in [1.82, 2.24) is 0 Å². The number of aliphatic hydroxyl groups is 1. The van der Waals surface area contributed by atoms with E-state index >= 15 is 0 Å². The molecule has 1 saturated heterocycles. The molecule has 22 heavy (non-hydrogen) atoms. The second-order valence-electron chi connectivity index (χ2n) is 5.64. The first-order chi connectivity index (χ1) is 10.6. The maximum atomic E-state index is 12.8. The van der Waals surface area contributed by atoms with Crippen LogP contribution < -0.4 is 9.64 Å². The Balaban J connectivity index is 1.94. The van der Waals surface area contributed by atoms with Crippen molar-refractivity contribution in [2.75, 3.05) is 18.6 Å². The van der Waals surface area contributed by atoms with Crippen LogP contribution in [0.2, 0.25) is 0 Å². The van der Waals surface area contributed by atoms with Gasteiger partial charge in [-0.3, -0.25) is 4.79 Å². The molecule has 0 bridgehead atoms. The number of methoxy groups -OCH3 is 1. The van der Waals surface area contributed by atoms with Crippen LogP contribution in [0.1, 0.15) is 12.5 Å². The highest BCUT2D eigenvalue weighted by Gasteiger charge is 2.58. The minimum absolute atomic E-state index is 0.00270. The number of anilines is 1. The number of β-lactam (4-membered cyclic amide) rings is 1. The van der Waals surface area contributed by atoms with Gasteiger partial charge in [0.2, 0.25) is 5.91 Å². The maximum absolute atomic E-state index is 12.8. The predicted molar refractivity (Wildman–Crippen MR) is 85.1 cm³/mol. The lowest BCUT2D eigenvalue weighted by atomic mass is 9.67. The summed E-state index contributed by atoms with van der Waals surface area (Å²) >= 11 is 0. The summed E-state index contributed by atoms with van der Waals surface area (Å²) in [5.74, 6) is 0.742. The molecule has 1 aliphatic rings. The van der Waals surface area contributed by atoms with E-state index < -0.39 is 5.41 Å². The van der Waals surface area contributed by atoms with E-state index in [0.29, 0.717) is 0 Å². The van der Waals surface area contributed by atoms with Gasteiger partial charge >= 0.3 is 0 Å². The average Bonchev–Trinajstić information content (AvgIpc) is 2.59. The third-order valence-corrected chi connectivity index (χ3v) is 4.54. The predicted octanol–water partition coefficient (Wildman–Crippen LogP) is 2.36. The van der Waals surface area contributed by atoms with Gasteiger partial charge in [0.15, 0.2) is 0 Å². The summed E-state index contributed by atoms with van der Waals surface area (Å²) in [5, 5.41) is 9.81. The summed E-state index contributed by atoms with van der Waals surface area (Å²) in [6, 6.07) is 16.7. The van der Waals surface area contributed by atoms with Gasteiger partial charge in [-0.05, 0) is 36.8 Å². The lowest BCUT2D eigenvalue weighted by Gasteiger charge is -2.54. The topological polar surface area (TPSA) is 49.8 Å². The molecule has 2 aromatic rings. The van der Waals surface area contributed by atoms with Gasteiger partial charge in [0.05, 0.1) is 25.2 Å². The van der Waals surface area contributed by atoms with Crippen molar-refractivity contribution in [3.05, 3.63) is 60.2 Å². The molecule has 0 radical (unpaired) electrons. The van der Waals surface area contributed by atoms with Gasteiger partial charge in [0, 0.05) is 5.69 Å². The normalized spacial score (nSPS) is 24.0. The van der Waals surface area contributed by atoms with Gasteiger partial charge in [-0.25, -0.2) is 0 Å². The number of carbonyl (C=O) groups is 1. The van der Waals surface area contributed by atoms with Crippen LogP contribution in [0.15, 0.2) is 54.6 Å². The highest BCUT2D eigenvalue weighted by molar-refractivity contribution is 6.09. The van der Waals surface area contributed by atoms with Crippen molar-refractivity contribution < 1.29 is 14.6 Å². The summed E-state index contributed by atoms with van der Waals surface area (Å²) in [6.45, 7) is 1.81. The van der Waals surface area contributed by atoms with E-state index in [2.05, 4.69) is 0 Å². The van der Waals surface area contributed by atoms with Crippen LogP contribution in [0.5, 0.6) is 5.75 Å². The van der Waals surface area contributed by atoms with Crippen LogP contribution >= 0.6 is 0 Å². The van der Waals surface area contributed by atoms with E-state index in [1.54, 1.807) is 12.0 Å². The average molecular weight is 297 g/mol. The van der Waals surface area contributed by atoms with Gasteiger partial charge < -0.3 is 14.7 Å². The van der Waals surface area contributed by atoms with E-state index in [9.17, 15) is 9.90 Å². The standard InChI is InChI=1S/C18H19NO3/c1-18(13-6-4-3-5-7-13)16(12-20)19(17(18)21)14-8-10-15(22-2)11-9-14/h3-11,16,20H,12H2,1-2H3/t16-,18+/m0/s1. The zero-order chi connectivity index (χ0) is 15.7. The second kappa shape index (κ2) is 5.46. The maximum Gasteiger partial charge on any atom is 0.239 e. The number of aliphatic hydroxyl groups excluding tert-OH is 1. The summed E-state index contributed by atoms with van der Waals surface area (Å²) in [7, 11) is 1.60. The molecule has 0 aromatic heterocycles. The van der Waals surface area contributed by atoms with Crippen LogP contribution in [0, 0.1) is 0 Å². The molecule has 1 fully saturated rings. The molecular formula is C18H19NO3. The second-order valence-corrected chi connectivity index (χ2v) is 5.64. The molecule has 2 aromatic carbocycles. The van der Waals surface area contributed by atoms with E-state index in [1.165, 1.54) is 0 Å². The number of benzene rings is 2. The molecule has 4 nitrogen and oxygen atoms in total. The molecule has 0 unspecified atom stereocenters. The fraction of sp³-hybridized carbons (Fsp3) is 0.278. The van der Waals surface area contributed by atoms with Gasteiger partial charge in [-0.15, -0.1) is 0 Å². The van der Waals surface area contributed by atoms with Crippen molar-refractivity contribution in [2.45, 2.75) is 18.4 Å². The molecule has 4 heteroatoms. The quantitative estimate of drug-likeness (QED) is 0.881. The van der Waals surface area contributed by atoms with Crippen LogP contribution in [-0.2, 0) is 10.2 Å². The van der Waals surface area contributed by atoms with Gasteiger partial charge in [0.1, 0.15) is 5.75 Å². The van der Waals surface area contributed by atoms with E-state index in [0.717, 1.165) is 17.0 Å². The summed E-state index contributed by atoms with van der Waals surface area (Å²) in [5.41, 5.74) is 1.03. The number of ether oxygens (including phenoxy) is 1. The Kier molecular flexibility index (Phi) is 3.62. The smallest absolute Gasteiger partial charge is 0.239 e. The first-order valence-electron chi connectivity index (χ1n) is 7.27. The molecule has 0 aliphatic carbocycles. The number of carbonyl (C=O) groups excluding carboxylic acids is 1. The molecule has 2 atom stereocenters. The van der Waals surface area contributed by atoms with Gasteiger partial charge in [-0.1, -0.05) is 30.3 Å². The van der Waals surface area contributed by atoms with Crippen LogP contribution in [0.25, 0.3) is 0 Å². The lowest BCUT2D eigenvalue weighted by molar-refractivity contribution is -0.133. The van der Waals surface area contributed by atoms with Crippen molar-refractivity contribution in [2.24, 2.45) is 0 Å². The fourth-order valence-electron chi connectivity index (χ4n) is 3.13. The van der Waals surface area contributed by atoms with E-state index in [1.807, 2.05) is 61.5 Å². The Morgan fingerprint density at radius 2 is 1.77 bits per heavy atom. The third-order valence-electron chi connectivity index (χ3n) is 4.54. The Bertz CT molecular complexity index is 668. The first kappa shape index (κ1) is 14.6. The first-order valence-corrected chi connectivity index (χ1v) is 7.27. The molecule has 0 saturated carbocycles. The highest BCUT2D eigenvalue weighted by atomic mass is 16.5. The highest BCUT2D eigenvalue weighted by Crippen LogP contribution is 2.44. The largest absolute Gasteiger partial charge is 0.497 e. The number of hydrogen-bond acceptors (Lipinski definition) is 3. The van der Waals surface area contributed by atoms with Gasteiger partial charge in [0.25, 0.3) is 0 Å². The van der Waals surface area contributed by atoms with Crippen molar-refractivity contribution in [3.8, 4) is 5.75 Å². The summed E-state index contributed by atoms with van der Waals surface area (Å²) in [4.78, 5) is 14.5. The molecule has 114 valence electrons. The lowest BCUT2D eigenvalue weighted by Crippen LogP contribution is -2.72. The van der Waals surface area contributed by atoms with E-state index in [4.69, 9.17) is 4.74 Å². The zero-order valence-corrected chi connectivity index (χ0v) is 12.7. The fourth-order valence-corrected chi connectivity index (χ4v) is 3.13. The van der Waals surface area contributed by atoms with Crippen LogP contribution in [0.3, 0.4) is 0 Å². The zero-order valence-electron chi connectivity index (χ0n) is 12.7. The Morgan fingerprint density at radius 3 is 2.32 bits per heavy atom. The van der Waals surface area contributed by atoms with Crippen molar-refractivity contribution in [1.29, 1.82) is 0 Å². The Labute approximate surface area is 130 Å². The number of nitrogens with zero attached hydrogens (tertiary/aromatic N) is 1. The van der Waals surface area contributed by atoms with E-state index in [-0.39, 0.29) is 18.6 Å². The molecule has 1 aliphatic heterocycles. The molecule has 1 amide bonds. The van der Waals surface area contributed by atoms with Crippen molar-refractivity contribution in [3.63, 3.8) is 0 Å². The SMILES string of the molecule is COc1ccc(N2C(=O)[C@](C)(c3ccccc3)[C@@H]2CO)cc1. The summed E-state index contributed by atoms with van der Waals surface area (Å²) in [6.07, 6.45) is 0. The van der Waals surface area contributed by atoms with Crippen LogP contribution in [-0.4, -0.2) is 30.8 Å². The molecule has 1 heterocycles. The number of amides is 1.